The van der Waals surface area contributed by atoms with Gasteiger partial charge in [-0.25, -0.2) is 13.8 Å². The van der Waals surface area contributed by atoms with Crippen molar-refractivity contribution in [2.75, 3.05) is 11.1 Å². The Morgan fingerprint density at radius 2 is 1.95 bits per heavy atom. The lowest BCUT2D eigenvalue weighted by atomic mass is 10.3. The summed E-state index contributed by atoms with van der Waals surface area (Å²) in [6.07, 6.45) is 2.69. The summed E-state index contributed by atoms with van der Waals surface area (Å²) in [5, 5.41) is 6.57. The Balaban J connectivity index is 1.93. The van der Waals surface area contributed by atoms with Crippen molar-refractivity contribution in [1.82, 2.24) is 29.7 Å². The Labute approximate surface area is 116 Å². The highest BCUT2D eigenvalue weighted by atomic mass is 19.2. The number of benzene rings is 1. The molecule has 3 aromatic rings. The summed E-state index contributed by atoms with van der Waals surface area (Å²) in [6.45, 7) is 0. The molecule has 10 heteroatoms. The number of halogens is 2. The summed E-state index contributed by atoms with van der Waals surface area (Å²) in [6, 6.07) is 3.30. The second-order valence-electron chi connectivity index (χ2n) is 3.91. The Morgan fingerprint density at radius 1 is 1.10 bits per heavy atom. The molecular weight excluding hydrogens is 282 g/mol. The molecule has 21 heavy (non-hydrogen) atoms. The van der Waals surface area contributed by atoms with Gasteiger partial charge in [-0.15, -0.1) is 0 Å². The molecule has 0 atom stereocenters. The second-order valence-corrected chi connectivity index (χ2v) is 3.91. The Morgan fingerprint density at radius 3 is 2.67 bits per heavy atom. The molecule has 0 fully saturated rings. The summed E-state index contributed by atoms with van der Waals surface area (Å²) in [7, 11) is 0. The maximum Gasteiger partial charge on any atom is 0.258 e. The molecule has 0 aliphatic heterocycles. The van der Waals surface area contributed by atoms with Gasteiger partial charge in [0.05, 0.1) is 0 Å². The second kappa shape index (κ2) is 5.07. The van der Waals surface area contributed by atoms with E-state index in [0.717, 1.165) is 12.1 Å². The standard InChI is InChI=1S/C11H8F2N8/c12-7-2-1-6(3-8(7)13)17-10-18-9(14)19-11(20-10)21-5-15-4-16-21/h1-5H,(H3,14,17,18,19,20). The summed E-state index contributed by atoms with van der Waals surface area (Å²) in [5.74, 6) is -1.78. The minimum atomic E-state index is -0.987. The zero-order valence-electron chi connectivity index (χ0n) is 10.4. The fraction of sp³-hybridized carbons (Fsp3) is 0. The first-order valence-corrected chi connectivity index (χ1v) is 5.70. The van der Waals surface area contributed by atoms with E-state index in [9.17, 15) is 8.78 Å². The number of hydrogen-bond donors (Lipinski definition) is 2. The molecule has 0 amide bonds. The van der Waals surface area contributed by atoms with Gasteiger partial charge in [0, 0.05) is 11.8 Å². The molecule has 2 aromatic heterocycles. The smallest absolute Gasteiger partial charge is 0.258 e. The first-order valence-electron chi connectivity index (χ1n) is 5.70. The summed E-state index contributed by atoms with van der Waals surface area (Å²) in [5.41, 5.74) is 5.84. The number of nitrogens with two attached hydrogens (primary N) is 1. The number of aromatic nitrogens is 6. The van der Waals surface area contributed by atoms with Crippen LogP contribution in [0.4, 0.5) is 26.4 Å². The van der Waals surface area contributed by atoms with Crippen molar-refractivity contribution in [3.05, 3.63) is 42.5 Å². The van der Waals surface area contributed by atoms with Crippen LogP contribution in [0, 0.1) is 11.6 Å². The number of hydrogen-bond acceptors (Lipinski definition) is 7. The third-order valence-corrected chi connectivity index (χ3v) is 2.44. The topological polar surface area (TPSA) is 107 Å². The van der Waals surface area contributed by atoms with Gasteiger partial charge in [-0.2, -0.15) is 24.7 Å². The van der Waals surface area contributed by atoms with Gasteiger partial charge in [0.25, 0.3) is 5.95 Å². The van der Waals surface area contributed by atoms with Crippen molar-refractivity contribution in [1.29, 1.82) is 0 Å². The van der Waals surface area contributed by atoms with E-state index in [2.05, 4.69) is 30.4 Å². The highest BCUT2D eigenvalue weighted by Crippen LogP contribution is 2.17. The van der Waals surface area contributed by atoms with Crippen molar-refractivity contribution >= 4 is 17.6 Å². The Kier molecular flexibility index (Phi) is 3.10. The van der Waals surface area contributed by atoms with E-state index in [1.165, 1.54) is 23.4 Å². The summed E-state index contributed by atoms with van der Waals surface area (Å²) < 4.78 is 27.3. The molecule has 2 heterocycles. The van der Waals surface area contributed by atoms with E-state index in [1.807, 2.05) is 0 Å². The van der Waals surface area contributed by atoms with E-state index in [-0.39, 0.29) is 23.5 Å². The Bertz CT molecular complexity index is 774. The third-order valence-electron chi connectivity index (χ3n) is 2.44. The van der Waals surface area contributed by atoms with E-state index in [4.69, 9.17) is 5.73 Å². The van der Waals surface area contributed by atoms with Crippen LogP contribution in [0.1, 0.15) is 0 Å². The lowest BCUT2D eigenvalue weighted by Gasteiger charge is -2.07. The Hall–Kier alpha value is -3.17. The van der Waals surface area contributed by atoms with Crippen molar-refractivity contribution < 1.29 is 8.78 Å². The van der Waals surface area contributed by atoms with Crippen molar-refractivity contribution in [2.24, 2.45) is 0 Å². The third kappa shape index (κ3) is 2.73. The van der Waals surface area contributed by atoms with Gasteiger partial charge < -0.3 is 11.1 Å². The first-order chi connectivity index (χ1) is 10.1. The molecule has 106 valence electrons. The van der Waals surface area contributed by atoms with Gasteiger partial charge in [-0.1, -0.05) is 0 Å². The fourth-order valence-electron chi connectivity index (χ4n) is 1.55. The van der Waals surface area contributed by atoms with Gasteiger partial charge in [0.2, 0.25) is 11.9 Å². The van der Waals surface area contributed by atoms with E-state index in [1.54, 1.807) is 0 Å². The van der Waals surface area contributed by atoms with E-state index in [0.29, 0.717) is 0 Å². The average Bonchev–Trinajstić information content (AvgIpc) is 2.96. The molecule has 0 saturated heterocycles. The molecular formula is C11H8F2N8. The zero-order valence-corrected chi connectivity index (χ0v) is 10.4. The SMILES string of the molecule is Nc1nc(Nc2ccc(F)c(F)c2)nc(-n2cncn2)n1. The number of nitrogens with zero attached hydrogens (tertiary/aromatic N) is 6. The quantitative estimate of drug-likeness (QED) is 0.742. The molecule has 0 aliphatic carbocycles. The van der Waals surface area contributed by atoms with Gasteiger partial charge >= 0.3 is 0 Å². The van der Waals surface area contributed by atoms with Crippen LogP contribution in [0.25, 0.3) is 5.95 Å². The van der Waals surface area contributed by atoms with Crippen LogP contribution in [0.5, 0.6) is 0 Å². The summed E-state index contributed by atoms with van der Waals surface area (Å²) >= 11 is 0. The van der Waals surface area contributed by atoms with Crippen molar-refractivity contribution in [2.45, 2.75) is 0 Å². The van der Waals surface area contributed by atoms with Crippen LogP contribution in [0.3, 0.4) is 0 Å². The van der Waals surface area contributed by atoms with Crippen molar-refractivity contribution in [3.8, 4) is 5.95 Å². The monoisotopic (exact) mass is 290 g/mol. The van der Waals surface area contributed by atoms with Crippen LogP contribution in [0.2, 0.25) is 0 Å². The van der Waals surface area contributed by atoms with Crippen LogP contribution < -0.4 is 11.1 Å². The molecule has 0 saturated carbocycles. The molecule has 0 spiro atoms. The fourth-order valence-corrected chi connectivity index (χ4v) is 1.55. The van der Waals surface area contributed by atoms with Gasteiger partial charge in [-0.3, -0.25) is 0 Å². The molecule has 0 aliphatic rings. The summed E-state index contributed by atoms with van der Waals surface area (Å²) in [4.78, 5) is 15.6. The van der Waals surface area contributed by atoms with E-state index >= 15 is 0 Å². The minimum Gasteiger partial charge on any atom is -0.368 e. The van der Waals surface area contributed by atoms with Crippen LogP contribution in [-0.2, 0) is 0 Å². The molecule has 8 nitrogen and oxygen atoms in total. The predicted octanol–water partition coefficient (Wildman–Crippen LogP) is 1.06. The van der Waals surface area contributed by atoms with Gasteiger partial charge in [-0.05, 0) is 12.1 Å². The van der Waals surface area contributed by atoms with Gasteiger partial charge in [0.15, 0.2) is 11.6 Å². The number of nitrogen functional groups attached to an aromatic ring is 1. The molecule has 1 aromatic carbocycles. The highest BCUT2D eigenvalue weighted by molar-refractivity contribution is 5.54. The van der Waals surface area contributed by atoms with Crippen LogP contribution in [0.15, 0.2) is 30.9 Å². The van der Waals surface area contributed by atoms with Gasteiger partial charge in [0.1, 0.15) is 12.7 Å². The van der Waals surface area contributed by atoms with Crippen LogP contribution >= 0.6 is 0 Å². The van der Waals surface area contributed by atoms with Crippen LogP contribution in [-0.4, -0.2) is 29.7 Å². The lowest BCUT2D eigenvalue weighted by Crippen LogP contribution is -2.09. The first kappa shape index (κ1) is 12.8. The predicted molar refractivity (Wildman–Crippen MR) is 68.8 cm³/mol. The average molecular weight is 290 g/mol. The number of rotatable bonds is 3. The number of anilines is 3. The zero-order chi connectivity index (χ0) is 14.8. The molecule has 0 unspecified atom stereocenters. The maximum atomic E-state index is 13.1. The largest absolute Gasteiger partial charge is 0.368 e. The molecule has 3 rings (SSSR count). The minimum absolute atomic E-state index is 0.0550. The van der Waals surface area contributed by atoms with E-state index < -0.39 is 11.6 Å². The number of nitrogens with one attached hydrogen (secondary N) is 1. The normalized spacial score (nSPS) is 10.6. The highest BCUT2D eigenvalue weighted by Gasteiger charge is 2.08. The lowest BCUT2D eigenvalue weighted by molar-refractivity contribution is 0.509. The maximum absolute atomic E-state index is 13.1. The van der Waals surface area contributed by atoms with Crippen molar-refractivity contribution in [3.63, 3.8) is 0 Å². The molecule has 0 bridgehead atoms. The molecule has 3 N–H and O–H groups in total. The molecule has 0 radical (unpaired) electrons.